The first-order valence-corrected chi connectivity index (χ1v) is 5.64. The second-order valence-electron chi connectivity index (χ2n) is 3.79. The summed E-state index contributed by atoms with van der Waals surface area (Å²) in [6.45, 7) is 2.98. The lowest BCUT2D eigenvalue weighted by Gasteiger charge is -2.16. The van der Waals surface area contributed by atoms with E-state index in [1.54, 1.807) is 23.4 Å². The summed E-state index contributed by atoms with van der Waals surface area (Å²) in [5.41, 5.74) is 1.12. The first kappa shape index (κ1) is 11.7. The first-order valence-electron chi connectivity index (χ1n) is 5.64. The van der Waals surface area contributed by atoms with Crippen LogP contribution in [0.2, 0.25) is 0 Å². The fraction of sp³-hybridized carbons (Fsp3) is 0.455. The van der Waals surface area contributed by atoms with Gasteiger partial charge in [-0.1, -0.05) is 6.92 Å². The van der Waals surface area contributed by atoms with Crippen molar-refractivity contribution in [3.63, 3.8) is 0 Å². The van der Waals surface area contributed by atoms with E-state index in [4.69, 9.17) is 0 Å². The van der Waals surface area contributed by atoms with E-state index in [0.717, 1.165) is 24.4 Å². The Morgan fingerprint density at radius 1 is 1.41 bits per heavy atom. The summed E-state index contributed by atoms with van der Waals surface area (Å²) < 4.78 is 1.79. The summed E-state index contributed by atoms with van der Waals surface area (Å²) in [5, 5.41) is 15.2. The molecule has 17 heavy (non-hydrogen) atoms. The Kier molecular flexibility index (Phi) is 3.77. The van der Waals surface area contributed by atoms with Crippen molar-refractivity contribution in [2.75, 3.05) is 6.54 Å². The number of aryl methyl sites for hydroxylation is 1. The van der Waals surface area contributed by atoms with Gasteiger partial charge in [-0.3, -0.25) is 4.68 Å². The SMILES string of the molecule is CCNC(Cc1ncnn1C)c1ccnnc1. The van der Waals surface area contributed by atoms with Gasteiger partial charge in [0, 0.05) is 25.7 Å². The van der Waals surface area contributed by atoms with Crippen LogP contribution in [0.3, 0.4) is 0 Å². The molecule has 0 bridgehead atoms. The molecule has 2 aromatic rings. The number of hydrogen-bond acceptors (Lipinski definition) is 5. The fourth-order valence-electron chi connectivity index (χ4n) is 1.75. The third kappa shape index (κ3) is 2.85. The average Bonchev–Trinajstić information content (AvgIpc) is 2.76. The molecule has 0 saturated heterocycles. The molecule has 2 heterocycles. The van der Waals surface area contributed by atoms with Crippen LogP contribution >= 0.6 is 0 Å². The van der Waals surface area contributed by atoms with Crippen LogP contribution in [0.5, 0.6) is 0 Å². The van der Waals surface area contributed by atoms with E-state index in [2.05, 4.69) is 32.5 Å². The molecule has 1 unspecified atom stereocenters. The lowest BCUT2D eigenvalue weighted by Crippen LogP contribution is -2.24. The molecule has 6 nitrogen and oxygen atoms in total. The molecule has 90 valence electrons. The van der Waals surface area contributed by atoms with Crippen LogP contribution in [0.1, 0.15) is 24.4 Å². The van der Waals surface area contributed by atoms with Crippen molar-refractivity contribution in [1.82, 2.24) is 30.3 Å². The van der Waals surface area contributed by atoms with Crippen molar-refractivity contribution in [3.8, 4) is 0 Å². The molecule has 0 aliphatic heterocycles. The second-order valence-corrected chi connectivity index (χ2v) is 3.79. The van der Waals surface area contributed by atoms with Crippen LogP contribution in [-0.4, -0.2) is 31.5 Å². The molecule has 1 N–H and O–H groups in total. The third-order valence-corrected chi connectivity index (χ3v) is 2.65. The quantitative estimate of drug-likeness (QED) is 0.813. The number of hydrogen-bond donors (Lipinski definition) is 1. The molecule has 6 heteroatoms. The zero-order valence-corrected chi connectivity index (χ0v) is 10.0. The summed E-state index contributed by atoms with van der Waals surface area (Å²) in [6.07, 6.45) is 5.85. The van der Waals surface area contributed by atoms with Gasteiger partial charge in [-0.25, -0.2) is 4.98 Å². The first-order chi connectivity index (χ1) is 8.31. The zero-order valence-electron chi connectivity index (χ0n) is 10.0. The van der Waals surface area contributed by atoms with Crippen LogP contribution < -0.4 is 5.32 Å². The second kappa shape index (κ2) is 5.49. The van der Waals surface area contributed by atoms with Crippen LogP contribution in [0.25, 0.3) is 0 Å². The van der Waals surface area contributed by atoms with Gasteiger partial charge in [0.05, 0.1) is 6.20 Å². The Morgan fingerprint density at radius 2 is 2.29 bits per heavy atom. The molecule has 0 radical (unpaired) electrons. The Hall–Kier alpha value is -1.82. The van der Waals surface area contributed by atoms with Gasteiger partial charge in [-0.05, 0) is 18.2 Å². The smallest absolute Gasteiger partial charge is 0.138 e. The van der Waals surface area contributed by atoms with Crippen molar-refractivity contribution in [1.29, 1.82) is 0 Å². The molecule has 0 fully saturated rings. The molecule has 2 aromatic heterocycles. The number of nitrogens with one attached hydrogen (secondary N) is 1. The number of likely N-dealkylation sites (N-methyl/N-ethyl adjacent to an activating group) is 1. The van der Waals surface area contributed by atoms with Crippen molar-refractivity contribution >= 4 is 0 Å². The van der Waals surface area contributed by atoms with Crippen molar-refractivity contribution in [2.24, 2.45) is 7.05 Å². The Labute approximate surface area is 100 Å². The van der Waals surface area contributed by atoms with E-state index in [1.807, 2.05) is 13.1 Å². The molecule has 0 aromatic carbocycles. The highest BCUT2D eigenvalue weighted by molar-refractivity contribution is 5.13. The van der Waals surface area contributed by atoms with Gasteiger partial charge in [-0.2, -0.15) is 15.3 Å². The van der Waals surface area contributed by atoms with Crippen molar-refractivity contribution in [2.45, 2.75) is 19.4 Å². The molecule has 0 spiro atoms. The molecule has 0 amide bonds. The third-order valence-electron chi connectivity index (χ3n) is 2.65. The van der Waals surface area contributed by atoms with E-state index < -0.39 is 0 Å². The topological polar surface area (TPSA) is 68.5 Å². The zero-order chi connectivity index (χ0) is 12.1. The minimum atomic E-state index is 0.193. The number of nitrogens with zero attached hydrogens (tertiary/aromatic N) is 5. The molecule has 0 aliphatic carbocycles. The van der Waals surface area contributed by atoms with Gasteiger partial charge < -0.3 is 5.32 Å². The maximum absolute atomic E-state index is 4.24. The highest BCUT2D eigenvalue weighted by atomic mass is 15.3. The lowest BCUT2D eigenvalue weighted by atomic mass is 10.1. The van der Waals surface area contributed by atoms with Gasteiger partial charge >= 0.3 is 0 Å². The lowest BCUT2D eigenvalue weighted by molar-refractivity contribution is 0.520. The largest absolute Gasteiger partial charge is 0.310 e. The fourth-order valence-corrected chi connectivity index (χ4v) is 1.75. The Morgan fingerprint density at radius 3 is 2.88 bits per heavy atom. The minimum Gasteiger partial charge on any atom is -0.310 e. The van der Waals surface area contributed by atoms with Crippen LogP contribution in [0, 0.1) is 0 Å². The van der Waals surface area contributed by atoms with E-state index >= 15 is 0 Å². The summed E-state index contributed by atoms with van der Waals surface area (Å²) in [6, 6.07) is 2.16. The Bertz CT molecular complexity index is 452. The van der Waals surface area contributed by atoms with E-state index in [9.17, 15) is 0 Å². The van der Waals surface area contributed by atoms with Gasteiger partial charge in [0.1, 0.15) is 12.2 Å². The summed E-state index contributed by atoms with van der Waals surface area (Å²) in [4.78, 5) is 4.24. The molecule has 0 aliphatic rings. The van der Waals surface area contributed by atoms with Gasteiger partial charge in [0.2, 0.25) is 0 Å². The van der Waals surface area contributed by atoms with E-state index in [-0.39, 0.29) is 6.04 Å². The summed E-state index contributed by atoms with van der Waals surface area (Å²) in [5.74, 6) is 0.952. The number of aromatic nitrogens is 5. The van der Waals surface area contributed by atoms with Crippen LogP contribution in [0.4, 0.5) is 0 Å². The van der Waals surface area contributed by atoms with Gasteiger partial charge in [-0.15, -0.1) is 0 Å². The van der Waals surface area contributed by atoms with E-state index in [0.29, 0.717) is 0 Å². The summed E-state index contributed by atoms with van der Waals surface area (Å²) >= 11 is 0. The predicted octanol–water partition coefficient (Wildman–Crippen LogP) is 0.498. The highest BCUT2D eigenvalue weighted by Crippen LogP contribution is 2.15. The van der Waals surface area contributed by atoms with Gasteiger partial charge in [0.25, 0.3) is 0 Å². The summed E-state index contributed by atoms with van der Waals surface area (Å²) in [7, 11) is 1.90. The van der Waals surface area contributed by atoms with Gasteiger partial charge in [0.15, 0.2) is 0 Å². The van der Waals surface area contributed by atoms with Crippen LogP contribution in [0.15, 0.2) is 24.8 Å². The van der Waals surface area contributed by atoms with E-state index in [1.165, 1.54) is 0 Å². The molecular weight excluding hydrogens is 216 g/mol. The van der Waals surface area contributed by atoms with Crippen LogP contribution in [-0.2, 0) is 13.5 Å². The minimum absolute atomic E-state index is 0.193. The molecular formula is C11H16N6. The standard InChI is InChI=1S/C11H16N6/c1-3-12-10(9-4-5-14-15-7-9)6-11-13-8-16-17(11)2/h4-5,7-8,10,12H,3,6H2,1-2H3. The maximum Gasteiger partial charge on any atom is 0.138 e. The Balaban J connectivity index is 2.16. The maximum atomic E-state index is 4.24. The van der Waals surface area contributed by atoms with Crippen molar-refractivity contribution in [3.05, 3.63) is 36.2 Å². The molecule has 2 rings (SSSR count). The average molecular weight is 232 g/mol. The highest BCUT2D eigenvalue weighted by Gasteiger charge is 2.14. The van der Waals surface area contributed by atoms with Crippen molar-refractivity contribution < 1.29 is 0 Å². The number of rotatable bonds is 5. The normalized spacial score (nSPS) is 12.6. The predicted molar refractivity (Wildman–Crippen MR) is 63.2 cm³/mol. The monoisotopic (exact) mass is 232 g/mol. The molecule has 1 atom stereocenters. The molecule has 0 saturated carbocycles.